The number of pyridine rings is 1. The first-order chi connectivity index (χ1) is 12.5. The van der Waals surface area contributed by atoms with Crippen molar-refractivity contribution in [3.05, 3.63) is 41.7 Å². The molecule has 130 valence electrons. The largest absolute Gasteiger partial charge is 0.305 e. The molecule has 1 aromatic rings. The minimum absolute atomic E-state index is 0.112. The van der Waals surface area contributed by atoms with E-state index in [1.165, 1.54) is 0 Å². The monoisotopic (exact) mass is 344 g/mol. The molecule has 2 aliphatic rings. The molecule has 0 aromatic carbocycles. The molecule has 26 heavy (non-hydrogen) atoms. The summed E-state index contributed by atoms with van der Waals surface area (Å²) in [6.07, 6.45) is 5.33. The lowest BCUT2D eigenvalue weighted by atomic mass is 9.54. The molecule has 3 rings (SSSR count). The molecule has 6 heteroatoms. The van der Waals surface area contributed by atoms with Gasteiger partial charge in [-0.15, -0.1) is 0 Å². The van der Waals surface area contributed by atoms with Gasteiger partial charge in [0.25, 0.3) is 0 Å². The van der Waals surface area contributed by atoms with Crippen molar-refractivity contribution in [1.82, 2.24) is 9.88 Å². The summed E-state index contributed by atoms with van der Waals surface area (Å²) in [5.74, 6) is -1.51. The van der Waals surface area contributed by atoms with Crippen LogP contribution in [0.25, 0.3) is 0 Å². The molecule has 0 bridgehead atoms. The molecule has 1 fully saturated rings. The molecule has 3 atom stereocenters. The van der Waals surface area contributed by atoms with Gasteiger partial charge in [-0.25, -0.2) is 0 Å². The quantitative estimate of drug-likeness (QED) is 0.829. The summed E-state index contributed by atoms with van der Waals surface area (Å²) < 4.78 is 0. The highest BCUT2D eigenvalue weighted by Gasteiger charge is 2.57. The molecule has 0 radical (unpaired) electrons. The van der Waals surface area contributed by atoms with E-state index < -0.39 is 17.3 Å². The van der Waals surface area contributed by atoms with Crippen LogP contribution in [0.2, 0.25) is 0 Å². The Hall–Kier alpha value is -3.01. The lowest BCUT2D eigenvalue weighted by molar-refractivity contribution is 0.171. The van der Waals surface area contributed by atoms with Gasteiger partial charge in [0.15, 0.2) is 5.41 Å². The summed E-state index contributed by atoms with van der Waals surface area (Å²) in [7, 11) is 0. The zero-order valence-electron chi connectivity index (χ0n) is 14.8. The third kappa shape index (κ3) is 2.49. The number of fused-ring (bicyclic) bond motifs is 1. The summed E-state index contributed by atoms with van der Waals surface area (Å²) in [4.78, 5) is 6.43. The first kappa shape index (κ1) is 17.8. The SMILES string of the molecule is CC(C)N1CC=C2C(C#N)C(=N)C(C#N)(C#N)[C@H](c3cccnc3)[C@@H]2C1. The molecule has 1 aromatic heterocycles. The first-order valence-electron chi connectivity index (χ1n) is 8.65. The maximum atomic E-state index is 9.95. The molecule has 1 aliphatic heterocycles. The van der Waals surface area contributed by atoms with Gasteiger partial charge >= 0.3 is 0 Å². The Kier molecular flexibility index (Phi) is 4.60. The lowest BCUT2D eigenvalue weighted by Gasteiger charge is -2.48. The summed E-state index contributed by atoms with van der Waals surface area (Å²) in [6, 6.07) is 10.3. The second-order valence-electron chi connectivity index (χ2n) is 7.13. The third-order valence-corrected chi connectivity index (χ3v) is 5.59. The molecule has 2 heterocycles. The average molecular weight is 344 g/mol. The highest BCUT2D eigenvalue weighted by molar-refractivity contribution is 6.00. The molecule has 0 spiro atoms. The summed E-state index contributed by atoms with van der Waals surface area (Å²) in [6.45, 7) is 5.57. The van der Waals surface area contributed by atoms with Gasteiger partial charge in [-0.3, -0.25) is 9.88 Å². The zero-order chi connectivity index (χ0) is 18.9. The van der Waals surface area contributed by atoms with Crippen molar-refractivity contribution < 1.29 is 0 Å². The topological polar surface area (TPSA) is 111 Å². The average Bonchev–Trinajstić information content (AvgIpc) is 2.67. The normalized spacial score (nSPS) is 27.6. The van der Waals surface area contributed by atoms with E-state index in [-0.39, 0.29) is 11.6 Å². The second kappa shape index (κ2) is 6.71. The summed E-state index contributed by atoms with van der Waals surface area (Å²) in [5.41, 5.74) is -0.146. The standard InChI is InChI=1S/C20H20N6/c1-13(2)26-7-5-15-16(8-21)19(24)20(11-22,12-23)18(17(15)10-26)14-4-3-6-25-9-14/h3-6,9,13,16-18,24H,7,10H2,1-2H3/t16?,17-,18-/m1/s1. The van der Waals surface area contributed by atoms with Crippen LogP contribution < -0.4 is 0 Å². The van der Waals surface area contributed by atoms with Gasteiger partial charge in [0.05, 0.1) is 23.9 Å². The van der Waals surface area contributed by atoms with Gasteiger partial charge in [0.1, 0.15) is 5.92 Å². The van der Waals surface area contributed by atoms with Crippen molar-refractivity contribution in [1.29, 1.82) is 21.2 Å². The Morgan fingerprint density at radius 2 is 2.04 bits per heavy atom. The maximum Gasteiger partial charge on any atom is 0.189 e. The fraction of sp³-hybridized carbons (Fsp3) is 0.450. The van der Waals surface area contributed by atoms with Crippen LogP contribution >= 0.6 is 0 Å². The summed E-state index contributed by atoms with van der Waals surface area (Å²) in [5, 5.41) is 38.1. The van der Waals surface area contributed by atoms with Crippen LogP contribution in [0.3, 0.4) is 0 Å². The maximum absolute atomic E-state index is 9.95. The zero-order valence-corrected chi connectivity index (χ0v) is 14.8. The molecule has 6 nitrogen and oxygen atoms in total. The van der Waals surface area contributed by atoms with E-state index >= 15 is 0 Å². The number of aromatic nitrogens is 1. The van der Waals surface area contributed by atoms with Gasteiger partial charge in [-0.2, -0.15) is 15.8 Å². The fourth-order valence-corrected chi connectivity index (χ4v) is 4.19. The molecule has 1 saturated carbocycles. The van der Waals surface area contributed by atoms with Crippen molar-refractivity contribution in [3.8, 4) is 18.2 Å². The van der Waals surface area contributed by atoms with Crippen molar-refractivity contribution in [2.75, 3.05) is 13.1 Å². The number of hydrogen-bond donors (Lipinski definition) is 1. The summed E-state index contributed by atoms with van der Waals surface area (Å²) >= 11 is 0. The lowest BCUT2D eigenvalue weighted by Crippen LogP contribution is -2.53. The van der Waals surface area contributed by atoms with Crippen LogP contribution in [0.15, 0.2) is 36.2 Å². The van der Waals surface area contributed by atoms with Crippen molar-refractivity contribution >= 4 is 5.71 Å². The molecule has 1 unspecified atom stereocenters. The molecule has 1 aliphatic carbocycles. The van der Waals surface area contributed by atoms with Crippen molar-refractivity contribution in [3.63, 3.8) is 0 Å². The van der Waals surface area contributed by atoms with E-state index in [4.69, 9.17) is 5.41 Å². The number of nitrogens with zero attached hydrogens (tertiary/aromatic N) is 5. The minimum Gasteiger partial charge on any atom is -0.305 e. The first-order valence-corrected chi connectivity index (χ1v) is 8.65. The van der Waals surface area contributed by atoms with E-state index in [9.17, 15) is 15.8 Å². The van der Waals surface area contributed by atoms with Crippen LogP contribution in [0.4, 0.5) is 0 Å². The van der Waals surface area contributed by atoms with Crippen LogP contribution in [0.5, 0.6) is 0 Å². The van der Waals surface area contributed by atoms with Crippen molar-refractivity contribution in [2.24, 2.45) is 17.3 Å². The smallest absolute Gasteiger partial charge is 0.189 e. The Balaban J connectivity index is 2.23. The Morgan fingerprint density at radius 3 is 2.58 bits per heavy atom. The molecule has 0 saturated heterocycles. The number of nitrogens with one attached hydrogen (secondary N) is 1. The van der Waals surface area contributed by atoms with Gasteiger partial charge in [0, 0.05) is 43.4 Å². The van der Waals surface area contributed by atoms with Crippen LogP contribution in [-0.2, 0) is 0 Å². The highest BCUT2D eigenvalue weighted by Crippen LogP contribution is 2.53. The fourth-order valence-electron chi connectivity index (χ4n) is 4.19. The Labute approximate surface area is 153 Å². The molecule has 1 N–H and O–H groups in total. The number of hydrogen-bond acceptors (Lipinski definition) is 6. The van der Waals surface area contributed by atoms with E-state index in [1.54, 1.807) is 18.5 Å². The van der Waals surface area contributed by atoms with E-state index in [2.05, 4.69) is 41.9 Å². The molecule has 0 amide bonds. The number of rotatable bonds is 2. The number of nitriles is 3. The molecular formula is C20H20N6. The van der Waals surface area contributed by atoms with Gasteiger partial charge in [0.2, 0.25) is 0 Å². The Morgan fingerprint density at radius 1 is 1.31 bits per heavy atom. The van der Waals surface area contributed by atoms with Crippen LogP contribution in [0, 0.1) is 56.7 Å². The second-order valence-corrected chi connectivity index (χ2v) is 7.13. The van der Waals surface area contributed by atoms with Crippen molar-refractivity contribution in [2.45, 2.75) is 25.8 Å². The predicted octanol–water partition coefficient (Wildman–Crippen LogP) is 2.64. The van der Waals surface area contributed by atoms with E-state index in [0.717, 1.165) is 11.1 Å². The third-order valence-electron chi connectivity index (χ3n) is 5.59. The van der Waals surface area contributed by atoms with E-state index in [1.807, 2.05) is 12.1 Å². The van der Waals surface area contributed by atoms with E-state index in [0.29, 0.717) is 19.1 Å². The van der Waals surface area contributed by atoms with Gasteiger partial charge < -0.3 is 5.41 Å². The predicted molar refractivity (Wildman–Crippen MR) is 95.7 cm³/mol. The van der Waals surface area contributed by atoms with Crippen LogP contribution in [-0.4, -0.2) is 34.7 Å². The molecular weight excluding hydrogens is 324 g/mol. The van der Waals surface area contributed by atoms with Crippen LogP contribution in [0.1, 0.15) is 25.3 Å². The minimum atomic E-state index is -1.66. The Bertz CT molecular complexity index is 850. The van der Waals surface area contributed by atoms with Gasteiger partial charge in [-0.05, 0) is 31.1 Å². The van der Waals surface area contributed by atoms with Gasteiger partial charge in [-0.1, -0.05) is 12.1 Å². The highest BCUT2D eigenvalue weighted by atomic mass is 15.2.